The van der Waals surface area contributed by atoms with Gasteiger partial charge in [-0.2, -0.15) is 18.3 Å². The van der Waals surface area contributed by atoms with Gasteiger partial charge in [0.1, 0.15) is 0 Å². The first-order valence-electron chi connectivity index (χ1n) is 8.71. The van der Waals surface area contributed by atoms with Gasteiger partial charge in [-0.3, -0.25) is 5.43 Å². The molecule has 1 aromatic carbocycles. The van der Waals surface area contributed by atoms with Crippen molar-refractivity contribution in [1.29, 1.82) is 0 Å². The highest BCUT2D eigenvalue weighted by Gasteiger charge is 2.46. The molecule has 0 heterocycles. The summed E-state index contributed by atoms with van der Waals surface area (Å²) in [5.41, 5.74) is 3.15. The summed E-state index contributed by atoms with van der Waals surface area (Å²) in [6.07, 6.45) is 1.73. The Morgan fingerprint density at radius 2 is 1.60 bits per heavy atom. The third kappa shape index (κ3) is 3.38. The van der Waals surface area contributed by atoms with Crippen molar-refractivity contribution in [1.82, 2.24) is 5.43 Å². The molecule has 0 amide bonds. The van der Waals surface area contributed by atoms with Gasteiger partial charge < -0.3 is 5.32 Å². The lowest BCUT2D eigenvalue weighted by Gasteiger charge is -2.50. The van der Waals surface area contributed by atoms with Gasteiger partial charge in [0.2, 0.25) is 0 Å². The highest BCUT2D eigenvalue weighted by molar-refractivity contribution is 7.80. The quantitative estimate of drug-likeness (QED) is 0.582. The summed E-state index contributed by atoms with van der Waals surface area (Å²) >= 11 is 5.15. The number of hydrogen-bond donors (Lipinski definition) is 2. The SMILES string of the molecule is FC(F)(F)c1ccccc1NC(=S)NN=C1C2CC3CC(C2)CC1C3. The first kappa shape index (κ1) is 16.8. The zero-order valence-corrected chi connectivity index (χ0v) is 14.5. The zero-order valence-electron chi connectivity index (χ0n) is 13.6. The topological polar surface area (TPSA) is 36.4 Å². The summed E-state index contributed by atoms with van der Waals surface area (Å²) in [6, 6.07) is 5.31. The van der Waals surface area contributed by atoms with Crippen molar-refractivity contribution in [2.75, 3.05) is 5.32 Å². The number of anilines is 1. The van der Waals surface area contributed by atoms with E-state index in [9.17, 15) is 13.2 Å². The van der Waals surface area contributed by atoms with Crippen molar-refractivity contribution in [3.63, 3.8) is 0 Å². The standard InChI is InChI=1S/C18H20F3N3S/c19-18(20,21)14-3-1-2-4-15(14)22-17(25)24-23-16-12-6-10-5-11(8-12)9-13(16)7-10/h1-4,10-13H,5-9H2,(H2,22,24,25). The number of para-hydroxylation sites is 1. The molecule has 1 aromatic rings. The number of nitrogens with zero attached hydrogens (tertiary/aromatic N) is 1. The summed E-state index contributed by atoms with van der Waals surface area (Å²) in [6.45, 7) is 0. The van der Waals surface area contributed by atoms with Crippen LogP contribution in [0.4, 0.5) is 18.9 Å². The van der Waals surface area contributed by atoms with Crippen LogP contribution < -0.4 is 10.7 Å². The second kappa shape index (κ2) is 6.27. The van der Waals surface area contributed by atoms with Crippen LogP contribution >= 0.6 is 12.2 Å². The highest BCUT2D eigenvalue weighted by Crippen LogP contribution is 2.52. The molecule has 0 radical (unpaired) electrons. The minimum absolute atomic E-state index is 0.0576. The van der Waals surface area contributed by atoms with Crippen LogP contribution in [-0.2, 0) is 6.18 Å². The van der Waals surface area contributed by atoms with Crippen LogP contribution in [0.5, 0.6) is 0 Å². The summed E-state index contributed by atoms with van der Waals surface area (Å²) in [7, 11) is 0. The van der Waals surface area contributed by atoms with Gasteiger partial charge in [-0.25, -0.2) is 0 Å². The van der Waals surface area contributed by atoms with Crippen LogP contribution in [0.1, 0.15) is 37.7 Å². The van der Waals surface area contributed by atoms with E-state index >= 15 is 0 Å². The predicted octanol–water partition coefficient (Wildman–Crippen LogP) is 4.80. The number of thiocarbonyl (C=S) groups is 1. The van der Waals surface area contributed by atoms with E-state index in [0.29, 0.717) is 11.8 Å². The van der Waals surface area contributed by atoms with Crippen LogP contribution in [0.25, 0.3) is 0 Å². The molecule has 0 spiro atoms. The molecular formula is C18H20F3N3S. The van der Waals surface area contributed by atoms with Gasteiger partial charge in [0, 0.05) is 5.71 Å². The molecule has 7 heteroatoms. The number of rotatable bonds is 2. The van der Waals surface area contributed by atoms with E-state index < -0.39 is 11.7 Å². The smallest absolute Gasteiger partial charge is 0.331 e. The maximum absolute atomic E-state index is 13.0. The fraction of sp³-hybridized carbons (Fsp3) is 0.556. The van der Waals surface area contributed by atoms with E-state index in [2.05, 4.69) is 15.8 Å². The van der Waals surface area contributed by atoms with Gasteiger partial charge in [0.05, 0.1) is 11.3 Å². The molecule has 0 aromatic heterocycles. The lowest BCUT2D eigenvalue weighted by Crippen LogP contribution is -2.46. The Balaban J connectivity index is 1.44. The van der Waals surface area contributed by atoms with Crippen molar-refractivity contribution in [2.45, 2.75) is 38.3 Å². The predicted molar refractivity (Wildman–Crippen MR) is 95.3 cm³/mol. The Morgan fingerprint density at radius 3 is 2.20 bits per heavy atom. The minimum atomic E-state index is -4.42. The number of hydrogen-bond acceptors (Lipinski definition) is 2. The molecule has 5 rings (SSSR count). The van der Waals surface area contributed by atoms with Gasteiger partial charge in [-0.15, -0.1) is 0 Å². The largest absolute Gasteiger partial charge is 0.418 e. The summed E-state index contributed by atoms with van der Waals surface area (Å²) in [5.74, 6) is 2.72. The number of benzene rings is 1. The molecule has 4 saturated carbocycles. The Hall–Kier alpha value is -1.63. The monoisotopic (exact) mass is 367 g/mol. The Kier molecular flexibility index (Phi) is 4.22. The van der Waals surface area contributed by atoms with Crippen molar-refractivity contribution >= 4 is 28.7 Å². The molecule has 0 saturated heterocycles. The van der Waals surface area contributed by atoms with Crippen molar-refractivity contribution in [3.8, 4) is 0 Å². The summed E-state index contributed by atoms with van der Waals surface area (Å²) in [4.78, 5) is 0. The van der Waals surface area contributed by atoms with Crippen molar-refractivity contribution < 1.29 is 13.2 Å². The van der Waals surface area contributed by atoms with E-state index in [4.69, 9.17) is 12.2 Å². The molecule has 0 aliphatic heterocycles. The van der Waals surface area contributed by atoms with Gasteiger partial charge in [0.15, 0.2) is 5.11 Å². The maximum atomic E-state index is 13.0. The molecule has 4 fully saturated rings. The van der Waals surface area contributed by atoms with Gasteiger partial charge >= 0.3 is 6.18 Å². The molecule has 2 N–H and O–H groups in total. The Morgan fingerprint density at radius 1 is 1.00 bits per heavy atom. The lowest BCUT2D eigenvalue weighted by molar-refractivity contribution is -0.136. The zero-order chi connectivity index (χ0) is 17.6. The summed E-state index contributed by atoms with van der Waals surface area (Å²) in [5, 5.41) is 7.22. The molecule has 25 heavy (non-hydrogen) atoms. The van der Waals surface area contributed by atoms with E-state index in [-0.39, 0.29) is 10.8 Å². The van der Waals surface area contributed by atoms with E-state index in [1.54, 1.807) is 6.07 Å². The Labute approximate surface area is 150 Å². The summed E-state index contributed by atoms with van der Waals surface area (Å²) < 4.78 is 39.1. The second-order valence-corrected chi connectivity index (χ2v) is 7.86. The van der Waals surface area contributed by atoms with Crippen LogP contribution in [0, 0.1) is 23.7 Å². The highest BCUT2D eigenvalue weighted by atomic mass is 32.1. The maximum Gasteiger partial charge on any atom is 0.418 e. The van der Waals surface area contributed by atoms with Crippen LogP contribution in [0.15, 0.2) is 29.4 Å². The molecular weight excluding hydrogens is 347 g/mol. The first-order chi connectivity index (χ1) is 11.9. The number of alkyl halides is 3. The molecule has 0 unspecified atom stereocenters. The third-order valence-corrected chi connectivity index (χ3v) is 5.94. The molecule has 134 valence electrons. The van der Waals surface area contributed by atoms with E-state index in [0.717, 1.165) is 17.9 Å². The fourth-order valence-electron chi connectivity index (χ4n) is 4.95. The molecule has 4 aliphatic carbocycles. The average molecular weight is 367 g/mol. The molecule has 3 nitrogen and oxygen atoms in total. The molecule has 0 atom stereocenters. The number of hydrazone groups is 1. The first-order valence-corrected chi connectivity index (χ1v) is 9.11. The third-order valence-electron chi connectivity index (χ3n) is 5.74. The van der Waals surface area contributed by atoms with E-state index in [1.165, 1.54) is 49.9 Å². The van der Waals surface area contributed by atoms with E-state index in [1.807, 2.05) is 0 Å². The lowest BCUT2D eigenvalue weighted by atomic mass is 9.55. The fourth-order valence-corrected chi connectivity index (χ4v) is 5.11. The van der Waals surface area contributed by atoms with Gasteiger partial charge in [-0.1, -0.05) is 12.1 Å². The van der Waals surface area contributed by atoms with Crippen LogP contribution in [0.3, 0.4) is 0 Å². The molecule has 4 aliphatic rings. The number of halogens is 3. The second-order valence-electron chi connectivity index (χ2n) is 7.45. The number of nitrogens with one attached hydrogen (secondary N) is 2. The normalized spacial score (nSPS) is 30.3. The van der Waals surface area contributed by atoms with Gasteiger partial charge in [0.25, 0.3) is 0 Å². The minimum Gasteiger partial charge on any atom is -0.331 e. The molecule has 4 bridgehead atoms. The van der Waals surface area contributed by atoms with Crippen LogP contribution in [-0.4, -0.2) is 10.8 Å². The Bertz CT molecular complexity index is 684. The van der Waals surface area contributed by atoms with Crippen molar-refractivity contribution in [2.24, 2.45) is 28.8 Å². The van der Waals surface area contributed by atoms with Crippen molar-refractivity contribution in [3.05, 3.63) is 29.8 Å². The van der Waals surface area contributed by atoms with Crippen LogP contribution in [0.2, 0.25) is 0 Å². The average Bonchev–Trinajstić information content (AvgIpc) is 2.53. The van der Waals surface area contributed by atoms with Gasteiger partial charge in [-0.05, 0) is 80.1 Å².